The van der Waals surface area contributed by atoms with E-state index in [1.165, 1.54) is 38.9 Å². The average Bonchev–Trinajstić information content (AvgIpc) is 3.02. The van der Waals surface area contributed by atoms with Crippen LogP contribution < -0.4 is 25.9 Å². The minimum atomic E-state index is -0.0240. The molecular formula is C38H27BO2. The molecule has 0 spiro atoms. The van der Waals surface area contributed by atoms with E-state index in [-0.39, 0.29) is 6.71 Å². The first kappa shape index (κ1) is 23.8. The highest BCUT2D eigenvalue weighted by Gasteiger charge is 2.41. The molecule has 0 aromatic heterocycles. The van der Waals surface area contributed by atoms with Crippen molar-refractivity contribution in [3.8, 4) is 56.4 Å². The van der Waals surface area contributed by atoms with Gasteiger partial charge in [-0.15, -0.1) is 0 Å². The van der Waals surface area contributed by atoms with Crippen LogP contribution in [0.5, 0.6) is 23.0 Å². The predicted molar refractivity (Wildman–Crippen MR) is 170 cm³/mol. The smallest absolute Gasteiger partial charge is 0.260 e. The second kappa shape index (κ2) is 9.28. The summed E-state index contributed by atoms with van der Waals surface area (Å²) in [5.74, 6) is 3.53. The second-order valence-corrected chi connectivity index (χ2v) is 11.0. The molecule has 0 N–H and O–H groups in total. The molecule has 0 bridgehead atoms. The van der Waals surface area contributed by atoms with Gasteiger partial charge in [0, 0.05) is 11.0 Å². The van der Waals surface area contributed by atoms with E-state index in [4.69, 9.17) is 9.47 Å². The summed E-state index contributed by atoms with van der Waals surface area (Å²) in [6.07, 6.45) is 0. The van der Waals surface area contributed by atoms with Crippen molar-refractivity contribution in [2.45, 2.75) is 13.8 Å². The Kier molecular flexibility index (Phi) is 5.40. The van der Waals surface area contributed by atoms with Crippen LogP contribution >= 0.6 is 0 Å². The molecule has 6 aromatic rings. The third-order valence-corrected chi connectivity index (χ3v) is 8.52. The molecule has 2 heterocycles. The zero-order valence-electron chi connectivity index (χ0n) is 23.0. The van der Waals surface area contributed by atoms with Crippen LogP contribution in [0.3, 0.4) is 0 Å². The predicted octanol–water partition coefficient (Wildman–Crippen LogP) is 8.03. The van der Waals surface area contributed by atoms with Crippen molar-refractivity contribution in [1.82, 2.24) is 0 Å². The number of aryl methyl sites for hydroxylation is 2. The van der Waals surface area contributed by atoms with Gasteiger partial charge in [-0.3, -0.25) is 0 Å². The fourth-order valence-electron chi connectivity index (χ4n) is 6.46. The summed E-state index contributed by atoms with van der Waals surface area (Å²) in [6.45, 7) is 4.30. The Morgan fingerprint density at radius 1 is 0.439 bits per heavy atom. The lowest BCUT2D eigenvalue weighted by atomic mass is 9.34. The molecule has 2 aliphatic heterocycles. The van der Waals surface area contributed by atoms with Crippen molar-refractivity contribution in [3.63, 3.8) is 0 Å². The number of rotatable bonds is 3. The van der Waals surface area contributed by atoms with Crippen LogP contribution in [-0.4, -0.2) is 6.71 Å². The first-order valence-electron chi connectivity index (χ1n) is 14.1. The van der Waals surface area contributed by atoms with Crippen LogP contribution in [0.4, 0.5) is 0 Å². The van der Waals surface area contributed by atoms with Crippen LogP contribution in [0, 0.1) is 13.8 Å². The maximum absolute atomic E-state index is 6.84. The zero-order valence-corrected chi connectivity index (χ0v) is 23.0. The topological polar surface area (TPSA) is 18.5 Å². The third kappa shape index (κ3) is 3.81. The Morgan fingerprint density at radius 2 is 1.02 bits per heavy atom. The van der Waals surface area contributed by atoms with Gasteiger partial charge in [0.05, 0.1) is 0 Å². The Hall–Kier alpha value is -5.02. The second-order valence-electron chi connectivity index (χ2n) is 11.0. The van der Waals surface area contributed by atoms with Crippen molar-refractivity contribution >= 4 is 23.1 Å². The first-order chi connectivity index (χ1) is 20.2. The summed E-state index contributed by atoms with van der Waals surface area (Å²) in [4.78, 5) is 0. The largest absolute Gasteiger partial charge is 0.458 e. The van der Waals surface area contributed by atoms with E-state index in [2.05, 4.69) is 141 Å². The van der Waals surface area contributed by atoms with Crippen molar-refractivity contribution in [1.29, 1.82) is 0 Å². The van der Waals surface area contributed by atoms with Gasteiger partial charge in [0.1, 0.15) is 23.0 Å². The van der Waals surface area contributed by atoms with Gasteiger partial charge in [0.25, 0.3) is 6.71 Å². The van der Waals surface area contributed by atoms with Crippen molar-refractivity contribution in [3.05, 3.63) is 139 Å². The maximum Gasteiger partial charge on any atom is 0.260 e. The van der Waals surface area contributed by atoms with Crippen LogP contribution in [0.2, 0.25) is 0 Å². The highest BCUT2D eigenvalue weighted by molar-refractivity contribution is 6.98. The molecule has 0 saturated carbocycles. The van der Waals surface area contributed by atoms with Gasteiger partial charge < -0.3 is 9.47 Å². The van der Waals surface area contributed by atoms with E-state index in [0.717, 1.165) is 44.9 Å². The van der Waals surface area contributed by atoms with Crippen LogP contribution in [0.25, 0.3) is 33.4 Å². The number of benzene rings is 6. The van der Waals surface area contributed by atoms with Crippen LogP contribution in [0.15, 0.2) is 127 Å². The molecule has 194 valence electrons. The Morgan fingerprint density at radius 3 is 1.76 bits per heavy atom. The standard InChI is InChI=1S/C38H27BO2/c1-24-10-6-8-14-29(24)28-17-20-35-33(23-28)39-32-22-27(26-12-4-3-5-13-26)16-19-34(32)40-36-21-18-31(38(41-35)37(36)39)30-15-9-7-11-25(30)2/h3-23H,1-2H3. The lowest BCUT2D eigenvalue weighted by molar-refractivity contribution is 0.465. The lowest BCUT2D eigenvalue weighted by Crippen LogP contribution is -2.57. The number of hydrogen-bond donors (Lipinski definition) is 0. The molecule has 0 atom stereocenters. The highest BCUT2D eigenvalue weighted by atomic mass is 16.5. The van der Waals surface area contributed by atoms with Crippen LogP contribution in [0.1, 0.15) is 11.1 Å². The normalized spacial score (nSPS) is 12.5. The molecule has 3 heteroatoms. The van der Waals surface area contributed by atoms with E-state index < -0.39 is 0 Å². The maximum atomic E-state index is 6.84. The Balaban J connectivity index is 1.39. The van der Waals surface area contributed by atoms with Crippen molar-refractivity contribution < 1.29 is 9.47 Å². The van der Waals surface area contributed by atoms with E-state index in [1.807, 2.05) is 0 Å². The molecule has 0 unspecified atom stereocenters. The summed E-state index contributed by atoms with van der Waals surface area (Å²) >= 11 is 0. The van der Waals surface area contributed by atoms with Gasteiger partial charge in [0.15, 0.2) is 0 Å². The molecule has 0 saturated heterocycles. The molecule has 0 aliphatic carbocycles. The van der Waals surface area contributed by atoms with Gasteiger partial charge in [-0.25, -0.2) is 0 Å². The molecule has 0 amide bonds. The number of fused-ring (bicyclic) bond motifs is 4. The molecule has 2 aliphatic rings. The van der Waals surface area contributed by atoms with E-state index in [0.29, 0.717) is 0 Å². The minimum Gasteiger partial charge on any atom is -0.458 e. The fourth-order valence-corrected chi connectivity index (χ4v) is 6.46. The van der Waals surface area contributed by atoms with Crippen molar-refractivity contribution in [2.24, 2.45) is 0 Å². The molecule has 0 radical (unpaired) electrons. The summed E-state index contributed by atoms with van der Waals surface area (Å²) < 4.78 is 13.4. The number of ether oxygens (including phenoxy) is 2. The van der Waals surface area contributed by atoms with E-state index >= 15 is 0 Å². The quantitative estimate of drug-likeness (QED) is 0.217. The van der Waals surface area contributed by atoms with Gasteiger partial charge in [-0.1, -0.05) is 103 Å². The van der Waals surface area contributed by atoms with Crippen LogP contribution in [-0.2, 0) is 0 Å². The van der Waals surface area contributed by atoms with Gasteiger partial charge >= 0.3 is 0 Å². The van der Waals surface area contributed by atoms with Gasteiger partial charge in [-0.2, -0.15) is 0 Å². The van der Waals surface area contributed by atoms with Gasteiger partial charge in [-0.05, 0) is 88.0 Å². The highest BCUT2D eigenvalue weighted by Crippen LogP contribution is 2.42. The molecule has 8 rings (SSSR count). The van der Waals surface area contributed by atoms with E-state index in [1.54, 1.807) is 0 Å². The Bertz CT molecular complexity index is 1980. The molecule has 41 heavy (non-hydrogen) atoms. The molecule has 2 nitrogen and oxygen atoms in total. The molecular weight excluding hydrogens is 499 g/mol. The summed E-state index contributed by atoms with van der Waals surface area (Å²) in [7, 11) is 0. The average molecular weight is 526 g/mol. The SMILES string of the molecule is Cc1ccccc1-c1ccc2c(c1)B1c3cc(-c4ccccc4)ccc3Oc3ccc(-c4ccccc4C)c(c31)O2. The lowest BCUT2D eigenvalue weighted by Gasteiger charge is -2.34. The molecule has 0 fully saturated rings. The molecule has 6 aromatic carbocycles. The Labute approximate surface area is 240 Å². The van der Waals surface area contributed by atoms with Gasteiger partial charge in [0.2, 0.25) is 0 Å². The summed E-state index contributed by atoms with van der Waals surface area (Å²) in [5, 5.41) is 0. The number of hydrogen-bond acceptors (Lipinski definition) is 2. The fraction of sp³-hybridized carbons (Fsp3) is 0.0526. The monoisotopic (exact) mass is 526 g/mol. The summed E-state index contributed by atoms with van der Waals surface area (Å²) in [6, 6.07) is 45.1. The van der Waals surface area contributed by atoms with E-state index in [9.17, 15) is 0 Å². The zero-order chi connectivity index (χ0) is 27.5. The first-order valence-corrected chi connectivity index (χ1v) is 14.1. The summed E-state index contributed by atoms with van der Waals surface area (Å²) in [5.41, 5.74) is 13.0. The minimum absolute atomic E-state index is 0.0240. The third-order valence-electron chi connectivity index (χ3n) is 8.52. The van der Waals surface area contributed by atoms with Crippen molar-refractivity contribution in [2.75, 3.05) is 0 Å².